The van der Waals surface area contributed by atoms with E-state index in [2.05, 4.69) is 12.2 Å². The highest BCUT2D eigenvalue weighted by molar-refractivity contribution is 5.93. The number of anilines is 1. The number of aryl methyl sites for hydroxylation is 1. The van der Waals surface area contributed by atoms with Crippen LogP contribution in [-0.4, -0.2) is 28.7 Å². The van der Waals surface area contributed by atoms with Gasteiger partial charge in [0.05, 0.1) is 5.69 Å². The van der Waals surface area contributed by atoms with Crippen LogP contribution in [0.25, 0.3) is 0 Å². The van der Waals surface area contributed by atoms with Gasteiger partial charge >= 0.3 is 0 Å². The van der Waals surface area contributed by atoms with E-state index >= 15 is 0 Å². The maximum Gasteiger partial charge on any atom is 0.267 e. The molecule has 0 aliphatic heterocycles. The number of aromatic nitrogens is 1. The first kappa shape index (κ1) is 15.6. The Bertz CT molecular complexity index is 388. The molecule has 1 amide bonds. The zero-order valence-corrected chi connectivity index (χ0v) is 11.7. The number of rotatable bonds is 9. The Hall–Kier alpha value is -1.49. The molecule has 0 aromatic carbocycles. The van der Waals surface area contributed by atoms with Crippen molar-refractivity contribution in [3.8, 4) is 0 Å². The van der Waals surface area contributed by atoms with Gasteiger partial charge in [-0.2, -0.15) is 0 Å². The molecule has 0 saturated carbocycles. The minimum atomic E-state index is -0.0627. The molecule has 0 spiro atoms. The van der Waals surface area contributed by atoms with Gasteiger partial charge in [0.2, 0.25) is 0 Å². The molecule has 0 saturated heterocycles. The number of carbonyl (C=O) groups is 1. The van der Waals surface area contributed by atoms with Gasteiger partial charge in [-0.1, -0.05) is 19.8 Å². The number of aliphatic hydroxyl groups is 1. The SMILES string of the molecule is CCCn1cc(N)cc1C(=O)NCCCCCCO. The molecule has 0 unspecified atom stereocenters. The van der Waals surface area contributed by atoms with Crippen molar-refractivity contribution in [2.24, 2.45) is 0 Å². The van der Waals surface area contributed by atoms with Gasteiger partial charge in [-0.05, 0) is 25.3 Å². The summed E-state index contributed by atoms with van der Waals surface area (Å²) in [5, 5.41) is 11.6. The van der Waals surface area contributed by atoms with Crippen LogP contribution in [-0.2, 0) is 6.54 Å². The van der Waals surface area contributed by atoms with E-state index in [1.165, 1.54) is 0 Å². The number of nitrogens with zero attached hydrogens (tertiary/aromatic N) is 1. The molecule has 19 heavy (non-hydrogen) atoms. The van der Waals surface area contributed by atoms with Crippen LogP contribution in [0.15, 0.2) is 12.3 Å². The average Bonchev–Trinajstić information content (AvgIpc) is 2.75. The van der Waals surface area contributed by atoms with Crippen molar-refractivity contribution < 1.29 is 9.90 Å². The Morgan fingerprint density at radius 3 is 2.79 bits per heavy atom. The molecule has 1 aromatic rings. The average molecular weight is 267 g/mol. The molecule has 0 aliphatic rings. The zero-order chi connectivity index (χ0) is 14.1. The molecule has 4 N–H and O–H groups in total. The minimum absolute atomic E-state index is 0.0627. The van der Waals surface area contributed by atoms with Crippen LogP contribution in [0, 0.1) is 0 Å². The summed E-state index contributed by atoms with van der Waals surface area (Å²) in [7, 11) is 0. The highest BCUT2D eigenvalue weighted by atomic mass is 16.2. The van der Waals surface area contributed by atoms with Gasteiger partial charge in [0.25, 0.3) is 5.91 Å². The number of nitrogens with two attached hydrogens (primary N) is 1. The van der Waals surface area contributed by atoms with E-state index in [-0.39, 0.29) is 12.5 Å². The molecule has 1 heterocycles. The lowest BCUT2D eigenvalue weighted by molar-refractivity contribution is 0.0943. The van der Waals surface area contributed by atoms with Crippen LogP contribution in [0.3, 0.4) is 0 Å². The molecule has 0 bridgehead atoms. The van der Waals surface area contributed by atoms with Gasteiger partial charge < -0.3 is 20.7 Å². The molecule has 0 atom stereocenters. The molecule has 0 aliphatic carbocycles. The van der Waals surface area contributed by atoms with E-state index in [9.17, 15) is 4.79 Å². The Balaban J connectivity index is 2.36. The summed E-state index contributed by atoms with van der Waals surface area (Å²) in [6.45, 7) is 3.78. The third kappa shape index (κ3) is 5.34. The number of nitrogen functional groups attached to an aromatic ring is 1. The van der Waals surface area contributed by atoms with Gasteiger partial charge in [-0.3, -0.25) is 4.79 Å². The first-order chi connectivity index (χ1) is 9.19. The summed E-state index contributed by atoms with van der Waals surface area (Å²) in [5.74, 6) is -0.0627. The largest absolute Gasteiger partial charge is 0.397 e. The van der Waals surface area contributed by atoms with E-state index < -0.39 is 0 Å². The number of hydrogen-bond acceptors (Lipinski definition) is 3. The number of hydrogen-bond donors (Lipinski definition) is 3. The second kappa shape index (κ2) is 8.58. The molecule has 1 aromatic heterocycles. The van der Waals surface area contributed by atoms with Crippen LogP contribution >= 0.6 is 0 Å². The van der Waals surface area contributed by atoms with Crippen molar-refractivity contribution in [2.45, 2.75) is 45.6 Å². The normalized spacial score (nSPS) is 10.6. The summed E-state index contributed by atoms with van der Waals surface area (Å²) in [5.41, 5.74) is 6.99. The standard InChI is InChI=1S/C14H25N3O2/c1-2-8-17-11-12(15)10-13(17)14(19)16-7-5-3-4-6-9-18/h10-11,18H,2-9,15H2,1H3,(H,16,19). The lowest BCUT2D eigenvalue weighted by atomic mass is 10.2. The van der Waals surface area contributed by atoms with Crippen LogP contribution in [0.5, 0.6) is 0 Å². The fourth-order valence-corrected chi connectivity index (χ4v) is 2.03. The van der Waals surface area contributed by atoms with E-state index in [0.29, 0.717) is 17.9 Å². The predicted octanol–water partition coefficient (Wildman–Crippen LogP) is 1.76. The quantitative estimate of drug-likeness (QED) is 0.596. The first-order valence-corrected chi connectivity index (χ1v) is 7.03. The van der Waals surface area contributed by atoms with E-state index in [1.807, 2.05) is 4.57 Å². The maximum atomic E-state index is 12.0. The summed E-state index contributed by atoms with van der Waals surface area (Å²) < 4.78 is 1.90. The number of unbranched alkanes of at least 4 members (excludes halogenated alkanes) is 3. The summed E-state index contributed by atoms with van der Waals surface area (Å²) in [6.07, 6.45) is 6.58. The fraction of sp³-hybridized carbons (Fsp3) is 0.643. The Morgan fingerprint density at radius 2 is 2.11 bits per heavy atom. The smallest absolute Gasteiger partial charge is 0.267 e. The molecular weight excluding hydrogens is 242 g/mol. The second-order valence-corrected chi connectivity index (χ2v) is 4.75. The lowest BCUT2D eigenvalue weighted by Gasteiger charge is -2.08. The third-order valence-electron chi connectivity index (χ3n) is 2.99. The van der Waals surface area contributed by atoms with Crippen LogP contribution < -0.4 is 11.1 Å². The maximum absolute atomic E-state index is 12.0. The number of aliphatic hydroxyl groups excluding tert-OH is 1. The topological polar surface area (TPSA) is 80.3 Å². The third-order valence-corrected chi connectivity index (χ3v) is 2.99. The molecule has 108 valence electrons. The van der Waals surface area contributed by atoms with E-state index in [0.717, 1.165) is 38.6 Å². The van der Waals surface area contributed by atoms with Crippen molar-refractivity contribution in [1.82, 2.24) is 9.88 Å². The minimum Gasteiger partial charge on any atom is -0.397 e. The summed E-state index contributed by atoms with van der Waals surface area (Å²) in [4.78, 5) is 12.0. The van der Waals surface area contributed by atoms with Gasteiger partial charge in [0.15, 0.2) is 0 Å². The van der Waals surface area contributed by atoms with E-state index in [4.69, 9.17) is 10.8 Å². The van der Waals surface area contributed by atoms with Crippen molar-refractivity contribution in [2.75, 3.05) is 18.9 Å². The summed E-state index contributed by atoms with van der Waals surface area (Å²) in [6, 6.07) is 1.72. The highest BCUT2D eigenvalue weighted by Gasteiger charge is 2.11. The molecule has 5 nitrogen and oxygen atoms in total. The van der Waals surface area contributed by atoms with E-state index in [1.54, 1.807) is 12.3 Å². The summed E-state index contributed by atoms with van der Waals surface area (Å²) >= 11 is 0. The van der Waals surface area contributed by atoms with Crippen molar-refractivity contribution in [1.29, 1.82) is 0 Å². The first-order valence-electron chi connectivity index (χ1n) is 7.03. The molecular formula is C14H25N3O2. The Morgan fingerprint density at radius 1 is 1.37 bits per heavy atom. The van der Waals surface area contributed by atoms with Gasteiger partial charge in [-0.15, -0.1) is 0 Å². The number of carbonyl (C=O) groups excluding carboxylic acids is 1. The number of nitrogens with one attached hydrogen (secondary N) is 1. The Kier molecular flexibility index (Phi) is 7.03. The molecule has 1 rings (SSSR count). The van der Waals surface area contributed by atoms with Crippen LogP contribution in [0.1, 0.15) is 49.5 Å². The number of amides is 1. The second-order valence-electron chi connectivity index (χ2n) is 4.75. The monoisotopic (exact) mass is 267 g/mol. The fourth-order valence-electron chi connectivity index (χ4n) is 2.03. The lowest BCUT2D eigenvalue weighted by Crippen LogP contribution is -2.26. The molecule has 0 fully saturated rings. The van der Waals surface area contributed by atoms with Crippen molar-refractivity contribution in [3.05, 3.63) is 18.0 Å². The van der Waals surface area contributed by atoms with Crippen molar-refractivity contribution in [3.63, 3.8) is 0 Å². The Labute approximate surface area is 114 Å². The van der Waals surface area contributed by atoms with Crippen LogP contribution in [0.2, 0.25) is 0 Å². The highest BCUT2D eigenvalue weighted by Crippen LogP contribution is 2.11. The predicted molar refractivity (Wildman–Crippen MR) is 77.0 cm³/mol. The molecule has 0 radical (unpaired) electrons. The van der Waals surface area contributed by atoms with Gasteiger partial charge in [0, 0.05) is 25.9 Å². The van der Waals surface area contributed by atoms with Gasteiger partial charge in [0.1, 0.15) is 5.69 Å². The van der Waals surface area contributed by atoms with Crippen LogP contribution in [0.4, 0.5) is 5.69 Å². The van der Waals surface area contributed by atoms with Crippen molar-refractivity contribution >= 4 is 11.6 Å². The molecule has 5 heteroatoms. The van der Waals surface area contributed by atoms with Gasteiger partial charge in [-0.25, -0.2) is 0 Å². The zero-order valence-electron chi connectivity index (χ0n) is 11.7.